The summed E-state index contributed by atoms with van der Waals surface area (Å²) in [5, 5.41) is 8.63. The van der Waals surface area contributed by atoms with E-state index in [1.165, 1.54) is 0 Å². The van der Waals surface area contributed by atoms with Crippen LogP contribution in [0.5, 0.6) is 0 Å². The van der Waals surface area contributed by atoms with Gasteiger partial charge in [-0.15, -0.1) is 0 Å². The fourth-order valence-corrected chi connectivity index (χ4v) is 1.89. The van der Waals surface area contributed by atoms with Crippen LogP contribution in [0.1, 0.15) is 13.8 Å². The number of benzene rings is 2. The highest BCUT2D eigenvalue weighted by atomic mass is 16.5. The molecule has 2 rings (SSSR count). The Morgan fingerprint density at radius 2 is 1.57 bits per heavy atom. The third-order valence-electron chi connectivity index (χ3n) is 3.09. The first-order valence-electron chi connectivity index (χ1n) is 7.64. The van der Waals surface area contributed by atoms with Crippen LogP contribution in [0, 0.1) is 0 Å². The van der Waals surface area contributed by atoms with Gasteiger partial charge in [0.2, 0.25) is 0 Å². The summed E-state index contributed by atoms with van der Waals surface area (Å²) in [4.78, 5) is 0. The van der Waals surface area contributed by atoms with Crippen molar-refractivity contribution in [3.8, 4) is 0 Å². The highest BCUT2D eigenvalue weighted by molar-refractivity contribution is 6.32. The summed E-state index contributed by atoms with van der Waals surface area (Å²) in [6.45, 7) is 4.52. The second kappa shape index (κ2) is 9.38. The number of hydrogen-bond acceptors (Lipinski definition) is 5. The van der Waals surface area contributed by atoms with Gasteiger partial charge in [0, 0.05) is 6.61 Å². The number of ether oxygens (including phenoxy) is 1. The lowest BCUT2D eigenvalue weighted by Crippen LogP contribution is -2.23. The molecule has 0 bridgehead atoms. The van der Waals surface area contributed by atoms with Crippen molar-refractivity contribution < 1.29 is 4.74 Å². The SMILES string of the molecule is CCOC(C)C(/C=N/Nc1ccccc1)=NNc1ccccc1. The molecule has 5 heteroatoms. The average molecular weight is 310 g/mol. The van der Waals surface area contributed by atoms with Gasteiger partial charge in [-0.2, -0.15) is 10.2 Å². The van der Waals surface area contributed by atoms with Crippen LogP contribution in [-0.2, 0) is 4.74 Å². The zero-order valence-electron chi connectivity index (χ0n) is 13.4. The number of anilines is 2. The van der Waals surface area contributed by atoms with Crippen molar-refractivity contribution in [2.75, 3.05) is 17.5 Å². The fraction of sp³-hybridized carbons (Fsp3) is 0.222. The van der Waals surface area contributed by atoms with Crippen molar-refractivity contribution >= 4 is 23.3 Å². The molecule has 0 aliphatic heterocycles. The number of hydrogen-bond donors (Lipinski definition) is 2. The molecule has 1 unspecified atom stereocenters. The normalized spacial score (nSPS) is 13.0. The van der Waals surface area contributed by atoms with Gasteiger partial charge in [0.05, 0.1) is 17.6 Å². The maximum absolute atomic E-state index is 5.61. The predicted molar refractivity (Wildman–Crippen MR) is 97.1 cm³/mol. The van der Waals surface area contributed by atoms with Gasteiger partial charge in [-0.1, -0.05) is 36.4 Å². The molecule has 0 spiro atoms. The highest BCUT2D eigenvalue weighted by Gasteiger charge is 2.08. The summed E-state index contributed by atoms with van der Waals surface area (Å²) in [5.74, 6) is 0. The van der Waals surface area contributed by atoms with Crippen LogP contribution in [0.4, 0.5) is 11.4 Å². The summed E-state index contributed by atoms with van der Waals surface area (Å²) < 4.78 is 5.61. The largest absolute Gasteiger partial charge is 0.372 e. The van der Waals surface area contributed by atoms with Gasteiger partial charge >= 0.3 is 0 Å². The van der Waals surface area contributed by atoms with E-state index < -0.39 is 0 Å². The molecule has 5 nitrogen and oxygen atoms in total. The number of rotatable bonds is 8. The van der Waals surface area contributed by atoms with Gasteiger partial charge in [0.1, 0.15) is 11.8 Å². The monoisotopic (exact) mass is 310 g/mol. The van der Waals surface area contributed by atoms with Crippen LogP contribution in [0.2, 0.25) is 0 Å². The van der Waals surface area contributed by atoms with E-state index in [-0.39, 0.29) is 6.10 Å². The molecular weight excluding hydrogens is 288 g/mol. The van der Waals surface area contributed by atoms with Gasteiger partial charge in [-0.25, -0.2) is 0 Å². The molecule has 0 fully saturated rings. The van der Waals surface area contributed by atoms with Gasteiger partial charge in [-0.3, -0.25) is 10.9 Å². The number of para-hydroxylation sites is 2. The molecule has 1 atom stereocenters. The first-order valence-corrected chi connectivity index (χ1v) is 7.64. The summed E-state index contributed by atoms with van der Waals surface area (Å²) >= 11 is 0. The summed E-state index contributed by atoms with van der Waals surface area (Å²) in [5.41, 5.74) is 8.54. The topological polar surface area (TPSA) is 58.0 Å². The first-order chi connectivity index (χ1) is 11.3. The number of hydrazone groups is 2. The zero-order valence-corrected chi connectivity index (χ0v) is 13.4. The minimum Gasteiger partial charge on any atom is -0.372 e. The van der Waals surface area contributed by atoms with Crippen molar-refractivity contribution in [1.29, 1.82) is 0 Å². The Hall–Kier alpha value is -2.66. The number of nitrogens with zero attached hydrogens (tertiary/aromatic N) is 2. The van der Waals surface area contributed by atoms with Crippen molar-refractivity contribution in [3.05, 3.63) is 60.7 Å². The van der Waals surface area contributed by atoms with Gasteiger partial charge in [0.15, 0.2) is 0 Å². The van der Waals surface area contributed by atoms with Crippen LogP contribution in [-0.4, -0.2) is 24.6 Å². The van der Waals surface area contributed by atoms with Crippen LogP contribution in [0.15, 0.2) is 70.9 Å². The maximum atomic E-state index is 5.61. The van der Waals surface area contributed by atoms with Gasteiger partial charge < -0.3 is 4.74 Å². The molecule has 0 saturated carbocycles. The second-order valence-corrected chi connectivity index (χ2v) is 4.85. The third-order valence-corrected chi connectivity index (χ3v) is 3.09. The van der Waals surface area contributed by atoms with Crippen molar-refractivity contribution in [2.24, 2.45) is 10.2 Å². The maximum Gasteiger partial charge on any atom is 0.109 e. The molecule has 0 saturated heterocycles. The van der Waals surface area contributed by atoms with Crippen LogP contribution >= 0.6 is 0 Å². The molecular formula is C18H22N4O. The van der Waals surface area contributed by atoms with Gasteiger partial charge in [-0.05, 0) is 38.1 Å². The molecule has 0 aliphatic carbocycles. The highest BCUT2D eigenvalue weighted by Crippen LogP contribution is 2.06. The Balaban J connectivity index is 2.04. The Labute approximate surface area is 137 Å². The summed E-state index contributed by atoms with van der Waals surface area (Å²) in [6.07, 6.45) is 1.51. The molecule has 0 heterocycles. The summed E-state index contributed by atoms with van der Waals surface area (Å²) in [7, 11) is 0. The van der Waals surface area contributed by atoms with Crippen molar-refractivity contribution in [2.45, 2.75) is 20.0 Å². The first kappa shape index (κ1) is 16.7. The molecule has 2 aromatic carbocycles. The Morgan fingerprint density at radius 3 is 2.13 bits per heavy atom. The van der Waals surface area contributed by atoms with Crippen molar-refractivity contribution in [1.82, 2.24) is 0 Å². The fourth-order valence-electron chi connectivity index (χ4n) is 1.89. The second-order valence-electron chi connectivity index (χ2n) is 4.85. The van der Waals surface area contributed by atoms with E-state index in [2.05, 4.69) is 21.1 Å². The molecule has 0 amide bonds. The smallest absolute Gasteiger partial charge is 0.109 e. The van der Waals surface area contributed by atoms with Crippen LogP contribution in [0.3, 0.4) is 0 Å². The van der Waals surface area contributed by atoms with E-state index in [1.807, 2.05) is 74.5 Å². The predicted octanol–water partition coefficient (Wildman–Crippen LogP) is 3.98. The van der Waals surface area contributed by atoms with Crippen LogP contribution in [0.25, 0.3) is 0 Å². The molecule has 23 heavy (non-hydrogen) atoms. The van der Waals surface area contributed by atoms with E-state index in [4.69, 9.17) is 4.74 Å². The molecule has 0 aliphatic rings. The standard InChI is InChI=1S/C18H22N4O/c1-3-23-15(2)18(22-21-17-12-8-5-9-13-17)14-19-20-16-10-6-4-7-11-16/h4-15,20-21H,3H2,1-2H3/b19-14+,22-18?. The lowest BCUT2D eigenvalue weighted by atomic mass is 10.2. The Bertz CT molecular complexity index is 626. The van der Waals surface area contributed by atoms with E-state index in [9.17, 15) is 0 Å². The molecule has 2 aromatic rings. The quantitative estimate of drug-likeness (QED) is 0.573. The van der Waals surface area contributed by atoms with Gasteiger partial charge in [0.25, 0.3) is 0 Å². The van der Waals surface area contributed by atoms with E-state index in [1.54, 1.807) is 6.21 Å². The minimum atomic E-state index is -0.155. The molecule has 0 radical (unpaired) electrons. The lowest BCUT2D eigenvalue weighted by molar-refractivity contribution is 0.123. The third kappa shape index (κ3) is 5.92. The van der Waals surface area contributed by atoms with Crippen LogP contribution < -0.4 is 10.9 Å². The van der Waals surface area contributed by atoms with E-state index >= 15 is 0 Å². The zero-order chi connectivity index (χ0) is 16.3. The minimum absolute atomic E-state index is 0.155. The van der Waals surface area contributed by atoms with E-state index in [0.717, 1.165) is 11.4 Å². The summed E-state index contributed by atoms with van der Waals surface area (Å²) in [6, 6.07) is 19.5. The van der Waals surface area contributed by atoms with Crippen molar-refractivity contribution in [3.63, 3.8) is 0 Å². The molecule has 120 valence electrons. The molecule has 2 N–H and O–H groups in total. The van der Waals surface area contributed by atoms with E-state index in [0.29, 0.717) is 12.3 Å². The Kier molecular flexibility index (Phi) is 6.81. The Morgan fingerprint density at radius 1 is 1.00 bits per heavy atom. The number of nitrogens with one attached hydrogen (secondary N) is 2. The average Bonchev–Trinajstić information content (AvgIpc) is 2.60. The lowest BCUT2D eigenvalue weighted by Gasteiger charge is -2.12. The molecule has 0 aromatic heterocycles.